The molecule has 28 heavy (non-hydrogen) atoms. The summed E-state index contributed by atoms with van der Waals surface area (Å²) in [5, 5.41) is 0. The van der Waals surface area contributed by atoms with Gasteiger partial charge in [-0.05, 0) is 48.9 Å². The fourth-order valence-electron chi connectivity index (χ4n) is 2.55. The number of carbonyl (C=O) groups excluding carboxylic acids is 1. The van der Waals surface area contributed by atoms with Crippen LogP contribution in [0.3, 0.4) is 0 Å². The summed E-state index contributed by atoms with van der Waals surface area (Å²) in [7, 11) is 1.32. The summed E-state index contributed by atoms with van der Waals surface area (Å²) in [6.45, 7) is -0.581. The quantitative estimate of drug-likeness (QED) is 0.528. The smallest absolute Gasteiger partial charge is 0.387 e. The number of methoxy groups -OCH3 is 1. The van der Waals surface area contributed by atoms with Gasteiger partial charge in [0.1, 0.15) is 5.75 Å². The van der Waals surface area contributed by atoms with E-state index in [1.807, 2.05) is 13.0 Å². The van der Waals surface area contributed by atoms with Gasteiger partial charge in [-0.15, -0.1) is 0 Å². The van der Waals surface area contributed by atoms with Gasteiger partial charge in [-0.2, -0.15) is 8.78 Å². The lowest BCUT2D eigenvalue weighted by Crippen LogP contribution is -2.07. The van der Waals surface area contributed by atoms with Crippen LogP contribution in [-0.2, 0) is 9.53 Å². The fourth-order valence-corrected chi connectivity index (χ4v) is 2.55. The number of hydrogen-bond acceptors (Lipinski definition) is 6. The Bertz CT molecular complexity index is 940. The lowest BCUT2D eigenvalue weighted by Gasteiger charge is -2.10. The van der Waals surface area contributed by atoms with Crippen LogP contribution in [-0.4, -0.2) is 32.2 Å². The number of hydrogen-bond donors (Lipinski definition) is 0. The largest absolute Gasteiger partial charge is 0.494 e. The molecule has 0 spiro atoms. The van der Waals surface area contributed by atoms with Gasteiger partial charge >= 0.3 is 12.6 Å². The van der Waals surface area contributed by atoms with Crippen LogP contribution in [0.1, 0.15) is 18.1 Å². The molecule has 0 saturated heterocycles. The lowest BCUT2D eigenvalue weighted by molar-refractivity contribution is -0.129. The first-order chi connectivity index (χ1) is 13.5. The minimum Gasteiger partial charge on any atom is -0.494 e. The molecule has 0 amide bonds. The number of aliphatic imine (C=N–C) groups is 1. The monoisotopic (exact) mass is 389 g/mol. The molecule has 1 aliphatic heterocycles. The minimum atomic E-state index is -2.98. The van der Waals surface area contributed by atoms with Crippen LogP contribution in [0.4, 0.5) is 8.78 Å². The first-order valence-electron chi connectivity index (χ1n) is 8.38. The highest BCUT2D eigenvalue weighted by molar-refractivity contribution is 6.13. The Kier molecular flexibility index (Phi) is 5.88. The molecule has 0 N–H and O–H groups in total. The topological polar surface area (TPSA) is 66.3 Å². The first kappa shape index (κ1) is 19.3. The molecule has 1 heterocycles. The zero-order valence-electron chi connectivity index (χ0n) is 15.1. The summed E-state index contributed by atoms with van der Waals surface area (Å²) >= 11 is 0. The van der Waals surface area contributed by atoms with Crippen LogP contribution in [0.15, 0.2) is 53.2 Å². The molecule has 146 valence electrons. The SMILES string of the molecule is CCOc1cccc(/C=C2\N=C(c3ccc(OC(F)F)c(OC)c3)OC2=O)c1. The number of nitrogens with zero attached hydrogens (tertiary/aromatic N) is 1. The van der Waals surface area contributed by atoms with Gasteiger partial charge in [-0.25, -0.2) is 9.79 Å². The summed E-state index contributed by atoms with van der Waals surface area (Å²) in [6, 6.07) is 11.3. The summed E-state index contributed by atoms with van der Waals surface area (Å²) in [5.41, 5.74) is 1.22. The highest BCUT2D eigenvalue weighted by Crippen LogP contribution is 2.31. The van der Waals surface area contributed by atoms with E-state index in [1.165, 1.54) is 25.3 Å². The Morgan fingerprint density at radius 3 is 2.71 bits per heavy atom. The van der Waals surface area contributed by atoms with Gasteiger partial charge in [0, 0.05) is 5.56 Å². The molecule has 2 aromatic carbocycles. The van der Waals surface area contributed by atoms with E-state index in [0.717, 1.165) is 5.56 Å². The van der Waals surface area contributed by atoms with Crippen LogP contribution in [0.5, 0.6) is 17.2 Å². The number of ether oxygens (including phenoxy) is 4. The standard InChI is InChI=1S/C20H17F2NO5/c1-3-26-14-6-4-5-12(9-14)10-15-19(24)28-18(23-15)13-7-8-16(27-20(21)22)17(11-13)25-2/h4-11,20H,3H2,1-2H3/b15-10-. The molecule has 1 aliphatic rings. The number of carbonyl (C=O) groups is 1. The zero-order chi connectivity index (χ0) is 20.1. The van der Waals surface area contributed by atoms with Crippen molar-refractivity contribution in [2.45, 2.75) is 13.5 Å². The highest BCUT2D eigenvalue weighted by Gasteiger charge is 2.25. The van der Waals surface area contributed by atoms with E-state index in [1.54, 1.807) is 24.3 Å². The predicted octanol–water partition coefficient (Wildman–Crippen LogP) is 4.04. The Labute approximate surface area is 160 Å². The fraction of sp³-hybridized carbons (Fsp3) is 0.200. The van der Waals surface area contributed by atoms with E-state index in [9.17, 15) is 13.6 Å². The number of benzene rings is 2. The molecule has 0 aromatic heterocycles. The molecule has 0 unspecified atom stereocenters. The Morgan fingerprint density at radius 1 is 1.18 bits per heavy atom. The van der Waals surface area contributed by atoms with Crippen molar-refractivity contribution < 1.29 is 32.5 Å². The van der Waals surface area contributed by atoms with E-state index in [0.29, 0.717) is 17.9 Å². The summed E-state index contributed by atoms with van der Waals surface area (Å²) in [6.07, 6.45) is 1.57. The first-order valence-corrected chi connectivity index (χ1v) is 8.38. The third-order valence-corrected chi connectivity index (χ3v) is 3.72. The van der Waals surface area contributed by atoms with Gasteiger partial charge in [0.25, 0.3) is 0 Å². The molecule has 0 fully saturated rings. The second kappa shape index (κ2) is 8.51. The maximum Gasteiger partial charge on any atom is 0.387 e. The van der Waals surface area contributed by atoms with Crippen molar-refractivity contribution in [1.29, 1.82) is 0 Å². The van der Waals surface area contributed by atoms with Gasteiger partial charge in [0.05, 0.1) is 13.7 Å². The molecule has 0 radical (unpaired) electrons. The Balaban J connectivity index is 1.88. The van der Waals surface area contributed by atoms with E-state index in [-0.39, 0.29) is 23.1 Å². The predicted molar refractivity (Wildman–Crippen MR) is 97.8 cm³/mol. The molecule has 8 heteroatoms. The number of cyclic esters (lactones) is 1. The molecule has 0 atom stereocenters. The molecule has 3 rings (SSSR count). The van der Waals surface area contributed by atoms with Crippen molar-refractivity contribution in [3.05, 3.63) is 59.3 Å². The van der Waals surface area contributed by atoms with Crippen molar-refractivity contribution in [2.75, 3.05) is 13.7 Å². The van der Waals surface area contributed by atoms with Crippen molar-refractivity contribution in [2.24, 2.45) is 4.99 Å². The highest BCUT2D eigenvalue weighted by atomic mass is 19.3. The van der Waals surface area contributed by atoms with Gasteiger partial charge < -0.3 is 18.9 Å². The second-order valence-electron chi connectivity index (χ2n) is 5.59. The normalized spacial score (nSPS) is 14.8. The van der Waals surface area contributed by atoms with E-state index in [2.05, 4.69) is 9.73 Å². The average Bonchev–Trinajstić information content (AvgIpc) is 3.02. The molecular formula is C20H17F2NO5. The van der Waals surface area contributed by atoms with E-state index >= 15 is 0 Å². The Morgan fingerprint density at radius 2 is 2.00 bits per heavy atom. The maximum atomic E-state index is 12.4. The molecular weight excluding hydrogens is 372 g/mol. The third kappa shape index (κ3) is 4.46. The van der Waals surface area contributed by atoms with Gasteiger partial charge in [-0.3, -0.25) is 0 Å². The number of halogens is 2. The van der Waals surface area contributed by atoms with Crippen LogP contribution in [0.25, 0.3) is 6.08 Å². The van der Waals surface area contributed by atoms with Crippen LogP contribution >= 0.6 is 0 Å². The molecule has 0 bridgehead atoms. The van der Waals surface area contributed by atoms with Crippen LogP contribution in [0, 0.1) is 0 Å². The number of alkyl halides is 2. The lowest BCUT2D eigenvalue weighted by atomic mass is 10.2. The number of rotatable bonds is 7. The summed E-state index contributed by atoms with van der Waals surface area (Å²) < 4.78 is 44.9. The number of esters is 1. The molecule has 2 aromatic rings. The minimum absolute atomic E-state index is 0.0408. The van der Waals surface area contributed by atoms with E-state index < -0.39 is 12.6 Å². The van der Waals surface area contributed by atoms with Gasteiger partial charge in [0.2, 0.25) is 5.90 Å². The van der Waals surface area contributed by atoms with Gasteiger partial charge in [0.15, 0.2) is 17.2 Å². The summed E-state index contributed by atoms with van der Waals surface area (Å²) in [4.78, 5) is 16.3. The van der Waals surface area contributed by atoms with Crippen molar-refractivity contribution in [3.8, 4) is 17.2 Å². The van der Waals surface area contributed by atoms with Gasteiger partial charge in [-0.1, -0.05) is 12.1 Å². The Hall–Kier alpha value is -3.42. The zero-order valence-corrected chi connectivity index (χ0v) is 15.1. The van der Waals surface area contributed by atoms with Crippen molar-refractivity contribution >= 4 is 17.9 Å². The average molecular weight is 389 g/mol. The van der Waals surface area contributed by atoms with Crippen molar-refractivity contribution in [3.63, 3.8) is 0 Å². The molecule has 6 nitrogen and oxygen atoms in total. The molecule has 0 aliphatic carbocycles. The third-order valence-electron chi connectivity index (χ3n) is 3.72. The van der Waals surface area contributed by atoms with Crippen LogP contribution < -0.4 is 14.2 Å². The van der Waals surface area contributed by atoms with Crippen molar-refractivity contribution in [1.82, 2.24) is 0 Å². The molecule has 0 saturated carbocycles. The van der Waals surface area contributed by atoms with E-state index in [4.69, 9.17) is 14.2 Å². The maximum absolute atomic E-state index is 12.4. The summed E-state index contributed by atoms with van der Waals surface area (Å²) in [5.74, 6) is 0.0302. The second-order valence-corrected chi connectivity index (χ2v) is 5.59. The van der Waals surface area contributed by atoms with Crippen LogP contribution in [0.2, 0.25) is 0 Å².